The summed E-state index contributed by atoms with van der Waals surface area (Å²) in [6.45, 7) is 2.38. The minimum absolute atomic E-state index is 0.108. The summed E-state index contributed by atoms with van der Waals surface area (Å²) in [4.78, 5) is 34.2. The first kappa shape index (κ1) is 16.7. The molecule has 1 rings (SSSR count). The van der Waals surface area contributed by atoms with E-state index in [1.54, 1.807) is 30.3 Å². The number of nitrogens with one attached hydrogen (secondary N) is 2. The van der Waals surface area contributed by atoms with E-state index in [-0.39, 0.29) is 24.7 Å². The Morgan fingerprint density at radius 3 is 2.29 bits per heavy atom. The first-order chi connectivity index (χ1) is 10.0. The van der Waals surface area contributed by atoms with Crippen LogP contribution in [0.3, 0.4) is 0 Å². The van der Waals surface area contributed by atoms with E-state index in [9.17, 15) is 19.5 Å². The summed E-state index contributed by atoms with van der Waals surface area (Å²) in [5, 5.41) is 14.3. The zero-order chi connectivity index (χ0) is 15.7. The summed E-state index contributed by atoms with van der Waals surface area (Å²) in [5.41, 5.74) is 0.516. The maximum Gasteiger partial charge on any atom is 0.330 e. The van der Waals surface area contributed by atoms with Gasteiger partial charge in [-0.1, -0.05) is 30.3 Å². The van der Waals surface area contributed by atoms with E-state index in [0.29, 0.717) is 18.5 Å². The lowest BCUT2D eigenvalue weighted by Gasteiger charge is -2.14. The van der Waals surface area contributed by atoms with Crippen LogP contribution in [0.15, 0.2) is 30.3 Å². The molecule has 0 aliphatic heterocycles. The fourth-order valence-corrected chi connectivity index (χ4v) is 1.86. The standard InChI is InChI=1S/C15H20N2O4/c1-2-16-12(18)9-6-10-13(19)17-14(15(20)21)11-7-4-3-5-8-11/h3-5,7-8,14H,2,6,9-10H2,1H3,(H,16,18)(H,17,19)(H,20,21)/t14-/m1/s1. The van der Waals surface area contributed by atoms with Crippen LogP contribution in [0.4, 0.5) is 0 Å². The van der Waals surface area contributed by atoms with E-state index in [1.165, 1.54) is 0 Å². The van der Waals surface area contributed by atoms with Crippen molar-refractivity contribution in [3.8, 4) is 0 Å². The van der Waals surface area contributed by atoms with E-state index in [0.717, 1.165) is 0 Å². The molecule has 0 saturated heterocycles. The highest BCUT2D eigenvalue weighted by atomic mass is 16.4. The van der Waals surface area contributed by atoms with E-state index >= 15 is 0 Å². The Hall–Kier alpha value is -2.37. The van der Waals surface area contributed by atoms with Crippen molar-refractivity contribution >= 4 is 17.8 Å². The van der Waals surface area contributed by atoms with Crippen molar-refractivity contribution in [1.29, 1.82) is 0 Å². The molecule has 0 unspecified atom stereocenters. The quantitative estimate of drug-likeness (QED) is 0.671. The number of hydrogen-bond acceptors (Lipinski definition) is 3. The second-order valence-corrected chi connectivity index (χ2v) is 4.56. The van der Waals surface area contributed by atoms with Gasteiger partial charge in [0.1, 0.15) is 0 Å². The SMILES string of the molecule is CCNC(=O)CCCC(=O)N[C@@H](C(=O)O)c1ccccc1. The molecular formula is C15H20N2O4. The van der Waals surface area contributed by atoms with Crippen molar-refractivity contribution in [2.24, 2.45) is 0 Å². The third-order valence-corrected chi connectivity index (χ3v) is 2.87. The zero-order valence-corrected chi connectivity index (χ0v) is 12.0. The summed E-state index contributed by atoms with van der Waals surface area (Å²) in [6.07, 6.45) is 0.761. The van der Waals surface area contributed by atoms with Gasteiger partial charge in [-0.25, -0.2) is 4.79 Å². The molecule has 0 aromatic heterocycles. The minimum atomic E-state index is -1.11. The van der Waals surface area contributed by atoms with Crippen LogP contribution in [0, 0.1) is 0 Å². The number of carbonyl (C=O) groups excluding carboxylic acids is 2. The van der Waals surface area contributed by atoms with Crippen LogP contribution >= 0.6 is 0 Å². The lowest BCUT2D eigenvalue weighted by Crippen LogP contribution is -2.33. The Morgan fingerprint density at radius 2 is 1.71 bits per heavy atom. The molecule has 21 heavy (non-hydrogen) atoms. The highest BCUT2D eigenvalue weighted by Crippen LogP contribution is 2.13. The van der Waals surface area contributed by atoms with Crippen LogP contribution < -0.4 is 10.6 Å². The molecular weight excluding hydrogens is 272 g/mol. The Morgan fingerprint density at radius 1 is 1.10 bits per heavy atom. The van der Waals surface area contributed by atoms with Gasteiger partial charge in [-0.3, -0.25) is 9.59 Å². The van der Waals surface area contributed by atoms with Gasteiger partial charge in [-0.2, -0.15) is 0 Å². The Kier molecular flexibility index (Phi) is 6.94. The molecule has 0 aliphatic rings. The second kappa shape index (κ2) is 8.73. The number of rotatable bonds is 8. The average Bonchev–Trinajstić information content (AvgIpc) is 2.45. The number of amides is 2. The molecule has 1 aromatic rings. The van der Waals surface area contributed by atoms with Crippen molar-refractivity contribution in [3.63, 3.8) is 0 Å². The van der Waals surface area contributed by atoms with Crippen LogP contribution in [-0.4, -0.2) is 29.4 Å². The van der Waals surface area contributed by atoms with Crippen LogP contribution in [0.1, 0.15) is 37.8 Å². The first-order valence-electron chi connectivity index (χ1n) is 6.88. The molecule has 0 saturated carbocycles. The molecule has 1 atom stereocenters. The molecule has 6 nitrogen and oxygen atoms in total. The van der Waals surface area contributed by atoms with Gasteiger partial charge in [0.25, 0.3) is 0 Å². The number of carboxylic acid groups (broad SMARTS) is 1. The number of carbonyl (C=O) groups is 3. The molecule has 6 heteroatoms. The smallest absolute Gasteiger partial charge is 0.330 e. The summed E-state index contributed by atoms with van der Waals surface area (Å²) in [7, 11) is 0. The normalized spacial score (nSPS) is 11.5. The van der Waals surface area contributed by atoms with Crippen molar-refractivity contribution in [2.75, 3.05) is 6.54 Å². The van der Waals surface area contributed by atoms with Gasteiger partial charge in [0.05, 0.1) is 0 Å². The summed E-state index contributed by atoms with van der Waals surface area (Å²) >= 11 is 0. The van der Waals surface area contributed by atoms with Gasteiger partial charge in [-0.05, 0) is 18.9 Å². The van der Waals surface area contributed by atoms with Gasteiger partial charge in [0.2, 0.25) is 11.8 Å². The van der Waals surface area contributed by atoms with Crippen molar-refractivity contribution in [3.05, 3.63) is 35.9 Å². The van der Waals surface area contributed by atoms with Crippen molar-refractivity contribution in [1.82, 2.24) is 10.6 Å². The van der Waals surface area contributed by atoms with Gasteiger partial charge >= 0.3 is 5.97 Å². The average molecular weight is 292 g/mol. The molecule has 0 radical (unpaired) electrons. The zero-order valence-electron chi connectivity index (χ0n) is 12.0. The molecule has 0 aliphatic carbocycles. The van der Waals surface area contributed by atoms with Gasteiger partial charge < -0.3 is 15.7 Å². The number of aliphatic carboxylic acids is 1. The molecule has 0 bridgehead atoms. The van der Waals surface area contributed by atoms with Crippen LogP contribution in [-0.2, 0) is 14.4 Å². The summed E-state index contributed by atoms with van der Waals surface area (Å²) in [5.74, 6) is -1.60. The molecule has 0 fully saturated rings. The molecule has 1 aromatic carbocycles. The lowest BCUT2D eigenvalue weighted by atomic mass is 10.1. The minimum Gasteiger partial charge on any atom is -0.479 e. The predicted molar refractivity (Wildman–Crippen MR) is 77.5 cm³/mol. The van der Waals surface area contributed by atoms with E-state index in [4.69, 9.17) is 0 Å². The summed E-state index contributed by atoms with van der Waals surface area (Å²) < 4.78 is 0. The number of hydrogen-bond donors (Lipinski definition) is 3. The first-order valence-corrected chi connectivity index (χ1v) is 6.88. The van der Waals surface area contributed by atoms with Crippen LogP contribution in [0.25, 0.3) is 0 Å². The Bertz CT molecular complexity index is 488. The predicted octanol–water partition coefficient (Wildman–Crippen LogP) is 1.23. The molecule has 114 valence electrons. The monoisotopic (exact) mass is 292 g/mol. The lowest BCUT2D eigenvalue weighted by molar-refractivity contribution is -0.142. The van der Waals surface area contributed by atoms with Crippen LogP contribution in [0.2, 0.25) is 0 Å². The summed E-state index contributed by atoms with van der Waals surface area (Å²) in [6, 6.07) is 7.43. The van der Waals surface area contributed by atoms with Gasteiger partial charge in [0, 0.05) is 19.4 Å². The van der Waals surface area contributed by atoms with E-state index < -0.39 is 12.0 Å². The third kappa shape index (κ3) is 6.07. The van der Waals surface area contributed by atoms with Gasteiger partial charge in [0.15, 0.2) is 6.04 Å². The molecule has 3 N–H and O–H groups in total. The topological polar surface area (TPSA) is 95.5 Å². The highest BCUT2D eigenvalue weighted by molar-refractivity contribution is 5.85. The fraction of sp³-hybridized carbons (Fsp3) is 0.400. The third-order valence-electron chi connectivity index (χ3n) is 2.87. The van der Waals surface area contributed by atoms with E-state index in [2.05, 4.69) is 10.6 Å². The van der Waals surface area contributed by atoms with Crippen LogP contribution in [0.5, 0.6) is 0 Å². The van der Waals surface area contributed by atoms with Gasteiger partial charge in [-0.15, -0.1) is 0 Å². The maximum atomic E-state index is 11.8. The number of benzene rings is 1. The number of carboxylic acids is 1. The molecule has 0 spiro atoms. The second-order valence-electron chi connectivity index (χ2n) is 4.56. The largest absolute Gasteiger partial charge is 0.479 e. The Balaban J connectivity index is 2.47. The van der Waals surface area contributed by atoms with E-state index in [1.807, 2.05) is 6.92 Å². The van der Waals surface area contributed by atoms with Crippen molar-refractivity contribution < 1.29 is 19.5 Å². The highest BCUT2D eigenvalue weighted by Gasteiger charge is 2.21. The fourth-order valence-electron chi connectivity index (χ4n) is 1.86. The molecule has 2 amide bonds. The van der Waals surface area contributed by atoms with Crippen molar-refractivity contribution in [2.45, 2.75) is 32.2 Å². The molecule has 0 heterocycles. The Labute approximate surface area is 123 Å². The maximum absolute atomic E-state index is 11.8.